The average molecular weight is 391 g/mol. The summed E-state index contributed by atoms with van der Waals surface area (Å²) in [6, 6.07) is 4.06. The number of pyridine rings is 1. The summed E-state index contributed by atoms with van der Waals surface area (Å²) in [6.07, 6.45) is 19.4. The number of rotatable bonds is 7. The van der Waals surface area contributed by atoms with Gasteiger partial charge in [0.2, 0.25) is 0 Å². The zero-order valence-corrected chi connectivity index (χ0v) is 18.6. The van der Waals surface area contributed by atoms with Crippen molar-refractivity contribution in [1.82, 2.24) is 10.3 Å². The molecule has 0 aliphatic heterocycles. The van der Waals surface area contributed by atoms with E-state index < -0.39 is 0 Å². The molecule has 1 fully saturated rings. The third kappa shape index (κ3) is 5.50. The second-order valence-electron chi connectivity index (χ2n) is 9.24. The molecule has 156 valence electrons. The molecule has 2 aliphatic rings. The molecule has 1 saturated carbocycles. The van der Waals surface area contributed by atoms with Crippen molar-refractivity contribution >= 4 is 0 Å². The van der Waals surface area contributed by atoms with Gasteiger partial charge in [-0.15, -0.1) is 0 Å². The minimum absolute atomic E-state index is 0.619. The first-order valence-electron chi connectivity index (χ1n) is 11.4. The zero-order chi connectivity index (χ0) is 20.8. The highest BCUT2D eigenvalue weighted by atomic mass is 14.9. The molecule has 3 rings (SSSR count). The van der Waals surface area contributed by atoms with E-state index in [0.717, 1.165) is 42.3 Å². The van der Waals surface area contributed by atoms with E-state index in [1.54, 1.807) is 6.20 Å². The zero-order valence-electron chi connectivity index (χ0n) is 18.6. The van der Waals surface area contributed by atoms with Crippen molar-refractivity contribution in [2.45, 2.75) is 53.5 Å². The summed E-state index contributed by atoms with van der Waals surface area (Å²) in [5.74, 6) is 4.46. The number of nitrogens with one attached hydrogen (secondary N) is 1. The van der Waals surface area contributed by atoms with E-state index >= 15 is 0 Å². The molecule has 6 atom stereocenters. The summed E-state index contributed by atoms with van der Waals surface area (Å²) in [7, 11) is 0. The molecule has 0 radical (unpaired) electrons. The van der Waals surface area contributed by atoms with Crippen molar-refractivity contribution in [2.24, 2.45) is 35.5 Å². The number of nitrogens with zero attached hydrogens (tertiary/aromatic N) is 1. The highest BCUT2D eigenvalue weighted by Gasteiger charge is 2.40. The minimum Gasteiger partial charge on any atom is -0.381 e. The Morgan fingerprint density at radius 1 is 1.24 bits per heavy atom. The molecule has 0 aromatic carbocycles. The summed E-state index contributed by atoms with van der Waals surface area (Å²) in [5, 5.41) is 3.46. The topological polar surface area (TPSA) is 24.9 Å². The fourth-order valence-corrected chi connectivity index (χ4v) is 5.46. The van der Waals surface area contributed by atoms with Gasteiger partial charge in [0.25, 0.3) is 0 Å². The van der Waals surface area contributed by atoms with Crippen LogP contribution >= 0.6 is 0 Å². The number of fused-ring (bicyclic) bond motifs is 1. The molecular formula is C27H38N2. The molecule has 1 aromatic heterocycles. The van der Waals surface area contributed by atoms with Gasteiger partial charge >= 0.3 is 0 Å². The van der Waals surface area contributed by atoms with Crippen molar-refractivity contribution in [2.75, 3.05) is 0 Å². The quantitative estimate of drug-likeness (QED) is 0.414. The highest BCUT2D eigenvalue weighted by Crippen LogP contribution is 2.48. The minimum atomic E-state index is 0.619. The van der Waals surface area contributed by atoms with Crippen LogP contribution in [0, 0.1) is 35.5 Å². The number of hydrogen-bond donors (Lipinski definition) is 1. The molecule has 0 saturated heterocycles. The third-order valence-electron chi connectivity index (χ3n) is 6.94. The Kier molecular flexibility index (Phi) is 7.52. The average Bonchev–Trinajstić information content (AvgIpc) is 2.71. The van der Waals surface area contributed by atoms with Crippen LogP contribution in [-0.4, -0.2) is 4.98 Å². The van der Waals surface area contributed by atoms with E-state index in [9.17, 15) is 0 Å². The molecule has 2 aliphatic carbocycles. The van der Waals surface area contributed by atoms with Gasteiger partial charge in [-0.1, -0.05) is 70.7 Å². The second kappa shape index (κ2) is 10.1. The maximum absolute atomic E-state index is 4.26. The Balaban J connectivity index is 1.65. The Bertz CT molecular complexity index is 758. The van der Waals surface area contributed by atoms with Crippen LogP contribution in [0.5, 0.6) is 0 Å². The van der Waals surface area contributed by atoms with Gasteiger partial charge in [0.05, 0.1) is 0 Å². The maximum Gasteiger partial charge on any atom is 0.0415 e. The summed E-state index contributed by atoms with van der Waals surface area (Å²) in [6.45, 7) is 14.5. The van der Waals surface area contributed by atoms with Crippen LogP contribution in [-0.2, 0) is 6.54 Å². The van der Waals surface area contributed by atoms with Crippen molar-refractivity contribution in [3.63, 3.8) is 0 Å². The van der Waals surface area contributed by atoms with Gasteiger partial charge in [0.1, 0.15) is 0 Å². The Hall–Kier alpha value is -2.09. The van der Waals surface area contributed by atoms with E-state index in [1.165, 1.54) is 24.0 Å². The number of aromatic nitrogens is 1. The highest BCUT2D eigenvalue weighted by molar-refractivity contribution is 5.31. The standard InChI is InChI=1S/C27H38N2/c1-6-24(22(5)29-18-23-9-8-14-28-17-23)10-7-11-26-20(3)12-13-25-16-19(2)15-21(4)27(25)26/h7-14,17,19-21,25-27,29H,5-6,15-16,18H2,1-4H3/b11-7+,24-10+/t19?,20?,21?,25-,26?,27?/m0/s1. The van der Waals surface area contributed by atoms with Gasteiger partial charge < -0.3 is 5.32 Å². The molecule has 5 unspecified atom stereocenters. The second-order valence-corrected chi connectivity index (χ2v) is 9.24. The lowest BCUT2D eigenvalue weighted by Gasteiger charge is -2.46. The van der Waals surface area contributed by atoms with E-state index in [-0.39, 0.29) is 0 Å². The number of allylic oxidation sites excluding steroid dienone is 6. The normalized spacial score (nSPS) is 32.2. The summed E-state index contributed by atoms with van der Waals surface area (Å²) in [4.78, 5) is 4.18. The van der Waals surface area contributed by atoms with Gasteiger partial charge in [-0.2, -0.15) is 0 Å². The Morgan fingerprint density at radius 2 is 2.07 bits per heavy atom. The fraction of sp³-hybridized carbons (Fsp3) is 0.519. The summed E-state index contributed by atoms with van der Waals surface area (Å²) < 4.78 is 0. The van der Waals surface area contributed by atoms with E-state index in [0.29, 0.717) is 11.8 Å². The smallest absolute Gasteiger partial charge is 0.0415 e. The largest absolute Gasteiger partial charge is 0.381 e. The molecule has 0 amide bonds. The monoisotopic (exact) mass is 390 g/mol. The van der Waals surface area contributed by atoms with Crippen LogP contribution in [0.4, 0.5) is 0 Å². The first-order chi connectivity index (χ1) is 14.0. The predicted octanol–water partition coefficient (Wildman–Crippen LogP) is 6.70. The summed E-state index contributed by atoms with van der Waals surface area (Å²) in [5.41, 5.74) is 3.45. The van der Waals surface area contributed by atoms with Crippen LogP contribution < -0.4 is 5.32 Å². The summed E-state index contributed by atoms with van der Waals surface area (Å²) >= 11 is 0. The van der Waals surface area contributed by atoms with Crippen LogP contribution in [0.1, 0.15) is 52.5 Å². The lowest BCUT2D eigenvalue weighted by atomic mass is 9.59. The Labute approximate surface area is 177 Å². The predicted molar refractivity (Wildman–Crippen MR) is 124 cm³/mol. The van der Waals surface area contributed by atoms with Gasteiger partial charge in [0.15, 0.2) is 0 Å². The van der Waals surface area contributed by atoms with Gasteiger partial charge in [-0.05, 0) is 72.0 Å². The van der Waals surface area contributed by atoms with Crippen molar-refractivity contribution in [3.8, 4) is 0 Å². The Morgan fingerprint density at radius 3 is 2.79 bits per heavy atom. The van der Waals surface area contributed by atoms with E-state index in [4.69, 9.17) is 0 Å². The van der Waals surface area contributed by atoms with Crippen LogP contribution in [0.25, 0.3) is 0 Å². The van der Waals surface area contributed by atoms with Gasteiger partial charge in [-0.25, -0.2) is 0 Å². The first-order valence-corrected chi connectivity index (χ1v) is 11.4. The first kappa shape index (κ1) is 21.6. The molecule has 29 heavy (non-hydrogen) atoms. The molecule has 0 spiro atoms. The lowest BCUT2D eigenvalue weighted by Crippen LogP contribution is -2.38. The molecule has 2 heteroatoms. The van der Waals surface area contributed by atoms with Crippen LogP contribution in [0.3, 0.4) is 0 Å². The molecule has 1 N–H and O–H groups in total. The molecule has 1 heterocycles. The molecule has 0 bridgehead atoms. The van der Waals surface area contributed by atoms with Crippen LogP contribution in [0.15, 0.2) is 72.8 Å². The van der Waals surface area contributed by atoms with E-state index in [2.05, 4.69) is 81.0 Å². The van der Waals surface area contributed by atoms with Crippen molar-refractivity contribution < 1.29 is 0 Å². The maximum atomic E-state index is 4.26. The lowest BCUT2D eigenvalue weighted by molar-refractivity contribution is 0.0914. The third-order valence-corrected chi connectivity index (χ3v) is 6.94. The fourth-order valence-electron chi connectivity index (χ4n) is 5.46. The molecular weight excluding hydrogens is 352 g/mol. The number of hydrogen-bond acceptors (Lipinski definition) is 2. The molecule has 1 aromatic rings. The van der Waals surface area contributed by atoms with Gasteiger partial charge in [-0.3, -0.25) is 4.98 Å². The van der Waals surface area contributed by atoms with Crippen molar-refractivity contribution in [1.29, 1.82) is 0 Å². The van der Waals surface area contributed by atoms with Gasteiger partial charge in [0, 0.05) is 24.6 Å². The SMILES string of the molecule is C=C(NCc1cccnc1)/C(=C/C=C/C1C(C)C=C[C@H]2CC(C)CC(C)C12)CC. The molecule has 2 nitrogen and oxygen atoms in total. The van der Waals surface area contributed by atoms with E-state index in [1.807, 2.05) is 12.3 Å². The van der Waals surface area contributed by atoms with Crippen LogP contribution in [0.2, 0.25) is 0 Å². The van der Waals surface area contributed by atoms with Crippen molar-refractivity contribution in [3.05, 3.63) is 78.3 Å².